The van der Waals surface area contributed by atoms with E-state index >= 15 is 0 Å². The Labute approximate surface area is 85.5 Å². The van der Waals surface area contributed by atoms with Gasteiger partial charge in [0.05, 0.1) is 5.56 Å². The first kappa shape index (κ1) is 9.18. The smallest absolute Gasteiger partial charge is 0.266 e. The molecule has 1 amide bonds. The van der Waals surface area contributed by atoms with Crippen molar-refractivity contribution in [3.05, 3.63) is 34.7 Å². The largest absolute Gasteiger partial charge is 0.290 e. The summed E-state index contributed by atoms with van der Waals surface area (Å²) in [6.07, 6.45) is 0. The average Bonchev–Trinajstić information content (AvgIpc) is 2.59. The first-order chi connectivity index (χ1) is 6.74. The quantitative estimate of drug-likeness (QED) is 0.425. The summed E-state index contributed by atoms with van der Waals surface area (Å²) in [6, 6.07) is 5.65. The summed E-state index contributed by atoms with van der Waals surface area (Å²) < 4.78 is 0.993. The lowest BCUT2D eigenvalue weighted by Gasteiger charge is -2.00. The summed E-state index contributed by atoms with van der Waals surface area (Å²) >= 11 is 1.57. The Morgan fingerprint density at radius 3 is 3.00 bits per heavy atom. The SMILES string of the molecule is Cc1csc2c(C(=O)NN)cccc12. The highest BCUT2D eigenvalue weighted by Crippen LogP contribution is 2.28. The maximum absolute atomic E-state index is 11.4. The Kier molecular flexibility index (Phi) is 2.23. The van der Waals surface area contributed by atoms with E-state index in [-0.39, 0.29) is 5.91 Å². The molecule has 2 aromatic rings. The van der Waals surface area contributed by atoms with E-state index in [1.54, 1.807) is 17.4 Å². The topological polar surface area (TPSA) is 55.1 Å². The summed E-state index contributed by atoms with van der Waals surface area (Å²) in [4.78, 5) is 11.4. The Bertz CT molecular complexity index is 490. The van der Waals surface area contributed by atoms with Gasteiger partial charge in [0.15, 0.2) is 0 Å². The van der Waals surface area contributed by atoms with Crippen LogP contribution < -0.4 is 11.3 Å². The number of benzene rings is 1. The molecule has 72 valence electrons. The zero-order valence-corrected chi connectivity index (χ0v) is 8.52. The lowest BCUT2D eigenvalue weighted by molar-refractivity contribution is 0.0955. The summed E-state index contributed by atoms with van der Waals surface area (Å²) in [7, 11) is 0. The third-order valence-electron chi connectivity index (χ3n) is 2.17. The van der Waals surface area contributed by atoms with E-state index in [0.29, 0.717) is 5.56 Å². The Morgan fingerprint density at radius 1 is 1.50 bits per heavy atom. The number of carbonyl (C=O) groups is 1. The molecule has 0 saturated heterocycles. The highest BCUT2D eigenvalue weighted by molar-refractivity contribution is 7.17. The lowest BCUT2D eigenvalue weighted by atomic mass is 10.1. The number of amides is 1. The van der Waals surface area contributed by atoms with Crippen molar-refractivity contribution >= 4 is 27.3 Å². The zero-order chi connectivity index (χ0) is 10.1. The lowest BCUT2D eigenvalue weighted by Crippen LogP contribution is -2.29. The van der Waals surface area contributed by atoms with Crippen LogP contribution in [0.4, 0.5) is 0 Å². The molecule has 4 heteroatoms. The van der Waals surface area contributed by atoms with E-state index in [1.807, 2.05) is 24.4 Å². The summed E-state index contributed by atoms with van der Waals surface area (Å²) in [6.45, 7) is 2.03. The van der Waals surface area contributed by atoms with Crippen molar-refractivity contribution in [3.63, 3.8) is 0 Å². The highest BCUT2D eigenvalue weighted by atomic mass is 32.1. The molecular formula is C10H10N2OS. The molecule has 0 atom stereocenters. The average molecular weight is 206 g/mol. The van der Waals surface area contributed by atoms with Crippen LogP contribution in [0.15, 0.2) is 23.6 Å². The molecule has 0 fully saturated rings. The monoisotopic (exact) mass is 206 g/mol. The predicted molar refractivity (Wildman–Crippen MR) is 58.2 cm³/mol. The van der Waals surface area contributed by atoms with Crippen molar-refractivity contribution in [1.82, 2.24) is 5.43 Å². The minimum absolute atomic E-state index is 0.238. The van der Waals surface area contributed by atoms with Gasteiger partial charge in [0.1, 0.15) is 0 Å². The van der Waals surface area contributed by atoms with E-state index in [0.717, 1.165) is 10.1 Å². The number of rotatable bonds is 1. The number of nitrogens with two attached hydrogens (primary N) is 1. The van der Waals surface area contributed by atoms with Gasteiger partial charge in [-0.2, -0.15) is 0 Å². The number of hydrazine groups is 1. The van der Waals surface area contributed by atoms with Gasteiger partial charge < -0.3 is 0 Å². The molecule has 14 heavy (non-hydrogen) atoms. The molecule has 1 aromatic carbocycles. The molecule has 3 nitrogen and oxygen atoms in total. The molecule has 1 heterocycles. The van der Waals surface area contributed by atoms with Gasteiger partial charge in [0.2, 0.25) is 0 Å². The van der Waals surface area contributed by atoms with Crippen LogP contribution >= 0.6 is 11.3 Å². The normalized spacial score (nSPS) is 10.4. The van der Waals surface area contributed by atoms with Crippen LogP contribution in [0.2, 0.25) is 0 Å². The van der Waals surface area contributed by atoms with Gasteiger partial charge in [-0.05, 0) is 29.3 Å². The number of fused-ring (bicyclic) bond motifs is 1. The van der Waals surface area contributed by atoms with Crippen molar-refractivity contribution in [2.24, 2.45) is 5.84 Å². The van der Waals surface area contributed by atoms with Crippen LogP contribution in [0, 0.1) is 6.92 Å². The number of aryl methyl sites for hydroxylation is 1. The fourth-order valence-electron chi connectivity index (χ4n) is 1.44. The Hall–Kier alpha value is -1.39. The van der Waals surface area contributed by atoms with Crippen LogP contribution in [-0.4, -0.2) is 5.91 Å². The van der Waals surface area contributed by atoms with Crippen molar-refractivity contribution in [1.29, 1.82) is 0 Å². The second-order valence-corrected chi connectivity index (χ2v) is 3.95. The molecule has 2 rings (SSSR count). The molecule has 0 spiro atoms. The van der Waals surface area contributed by atoms with E-state index in [2.05, 4.69) is 5.43 Å². The van der Waals surface area contributed by atoms with Crippen molar-refractivity contribution in [2.45, 2.75) is 6.92 Å². The fourth-order valence-corrected chi connectivity index (χ4v) is 2.51. The summed E-state index contributed by atoms with van der Waals surface area (Å²) in [5.41, 5.74) is 3.98. The van der Waals surface area contributed by atoms with E-state index in [4.69, 9.17) is 5.84 Å². The first-order valence-corrected chi connectivity index (χ1v) is 5.09. The molecule has 0 saturated carbocycles. The van der Waals surface area contributed by atoms with E-state index in [1.165, 1.54) is 5.56 Å². The van der Waals surface area contributed by atoms with Gasteiger partial charge in [0.25, 0.3) is 5.91 Å². The number of thiophene rings is 1. The second-order valence-electron chi connectivity index (χ2n) is 3.07. The minimum Gasteiger partial charge on any atom is -0.290 e. The summed E-state index contributed by atoms with van der Waals surface area (Å²) in [5.74, 6) is 4.87. The number of hydrogen-bond acceptors (Lipinski definition) is 3. The van der Waals surface area contributed by atoms with E-state index in [9.17, 15) is 4.79 Å². The van der Waals surface area contributed by atoms with Crippen LogP contribution in [0.1, 0.15) is 15.9 Å². The van der Waals surface area contributed by atoms with E-state index < -0.39 is 0 Å². The van der Waals surface area contributed by atoms with Crippen LogP contribution in [0.5, 0.6) is 0 Å². The van der Waals surface area contributed by atoms with Crippen molar-refractivity contribution in [2.75, 3.05) is 0 Å². The number of hydrogen-bond donors (Lipinski definition) is 2. The Balaban J connectivity index is 2.71. The van der Waals surface area contributed by atoms with Crippen LogP contribution in [0.25, 0.3) is 10.1 Å². The fraction of sp³-hybridized carbons (Fsp3) is 0.100. The maximum atomic E-state index is 11.4. The third-order valence-corrected chi connectivity index (χ3v) is 3.32. The molecule has 0 unspecified atom stereocenters. The number of carbonyl (C=O) groups excluding carboxylic acids is 1. The minimum atomic E-state index is -0.238. The van der Waals surface area contributed by atoms with Gasteiger partial charge in [0, 0.05) is 4.70 Å². The molecular weight excluding hydrogens is 196 g/mol. The highest BCUT2D eigenvalue weighted by Gasteiger charge is 2.10. The van der Waals surface area contributed by atoms with Crippen LogP contribution in [0.3, 0.4) is 0 Å². The zero-order valence-electron chi connectivity index (χ0n) is 7.70. The standard InChI is InChI=1S/C10H10N2OS/c1-6-5-14-9-7(6)3-2-4-8(9)10(13)12-11/h2-5H,11H2,1H3,(H,12,13). The molecule has 0 aliphatic heterocycles. The molecule has 1 aromatic heterocycles. The molecule has 3 N–H and O–H groups in total. The predicted octanol–water partition coefficient (Wildman–Crippen LogP) is 1.81. The van der Waals surface area contributed by atoms with Gasteiger partial charge in [-0.1, -0.05) is 12.1 Å². The molecule has 0 bridgehead atoms. The second kappa shape index (κ2) is 3.40. The van der Waals surface area contributed by atoms with Gasteiger partial charge in [-0.25, -0.2) is 5.84 Å². The first-order valence-electron chi connectivity index (χ1n) is 4.22. The Morgan fingerprint density at radius 2 is 2.29 bits per heavy atom. The molecule has 0 aliphatic rings. The number of nitrogens with one attached hydrogen (secondary N) is 1. The molecule has 0 radical (unpaired) electrons. The maximum Gasteiger partial charge on any atom is 0.266 e. The van der Waals surface area contributed by atoms with Crippen molar-refractivity contribution < 1.29 is 4.79 Å². The van der Waals surface area contributed by atoms with Crippen molar-refractivity contribution in [3.8, 4) is 0 Å². The molecule has 0 aliphatic carbocycles. The van der Waals surface area contributed by atoms with Gasteiger partial charge >= 0.3 is 0 Å². The van der Waals surface area contributed by atoms with Gasteiger partial charge in [-0.15, -0.1) is 11.3 Å². The number of nitrogen functional groups attached to an aromatic ring is 1. The van der Waals surface area contributed by atoms with Crippen LogP contribution in [-0.2, 0) is 0 Å². The van der Waals surface area contributed by atoms with Gasteiger partial charge in [-0.3, -0.25) is 10.2 Å². The third kappa shape index (κ3) is 1.29. The summed E-state index contributed by atoms with van der Waals surface area (Å²) in [5, 5.41) is 3.16.